The number of rotatable bonds is 5. The van der Waals surface area contributed by atoms with Gasteiger partial charge in [-0.2, -0.15) is 10.2 Å². The summed E-state index contributed by atoms with van der Waals surface area (Å²) >= 11 is 0. The summed E-state index contributed by atoms with van der Waals surface area (Å²) in [5, 5.41) is 13.9. The van der Waals surface area contributed by atoms with Crippen LogP contribution in [0.1, 0.15) is 5.56 Å². The van der Waals surface area contributed by atoms with Crippen LogP contribution in [0.3, 0.4) is 0 Å². The van der Waals surface area contributed by atoms with E-state index in [0.717, 1.165) is 5.56 Å². The second-order valence-corrected chi connectivity index (χ2v) is 5.61. The van der Waals surface area contributed by atoms with Crippen LogP contribution in [0.2, 0.25) is 0 Å². The Kier molecular flexibility index (Phi) is 4.56. The summed E-state index contributed by atoms with van der Waals surface area (Å²) in [6.07, 6.45) is 10.2. The molecule has 4 aromatic heterocycles. The van der Waals surface area contributed by atoms with Crippen molar-refractivity contribution < 1.29 is 4.79 Å². The van der Waals surface area contributed by atoms with E-state index in [-0.39, 0.29) is 6.03 Å². The molecule has 4 aromatic rings. The second kappa shape index (κ2) is 7.48. The van der Waals surface area contributed by atoms with Gasteiger partial charge < -0.3 is 10.6 Å². The maximum atomic E-state index is 12.3. The lowest BCUT2D eigenvalue weighted by molar-refractivity contribution is 0.251. The lowest BCUT2D eigenvalue weighted by Gasteiger charge is -2.11. The van der Waals surface area contributed by atoms with Gasteiger partial charge in [-0.3, -0.25) is 0 Å². The highest BCUT2D eigenvalue weighted by Gasteiger charge is 2.09. The standard InChI is InChI=1S/C18H16N8O/c27-18(24-15-4-1-6-20-17(15)26-11-3-8-23-26)21-13-14-5-9-19-16(12-14)25-10-2-7-22-25/h1-12H,13H2,(H2,21,24,27). The molecule has 0 aliphatic carbocycles. The van der Waals surface area contributed by atoms with Crippen LogP contribution in [0.15, 0.2) is 73.6 Å². The Bertz CT molecular complexity index is 1030. The first kappa shape index (κ1) is 16.5. The van der Waals surface area contributed by atoms with E-state index in [2.05, 4.69) is 30.8 Å². The van der Waals surface area contributed by atoms with Crippen molar-refractivity contribution in [1.82, 2.24) is 34.8 Å². The largest absolute Gasteiger partial charge is 0.334 e. The van der Waals surface area contributed by atoms with Gasteiger partial charge in [0.05, 0.1) is 5.69 Å². The number of nitrogens with one attached hydrogen (secondary N) is 2. The molecule has 0 radical (unpaired) electrons. The molecule has 0 aliphatic rings. The van der Waals surface area contributed by atoms with Crippen LogP contribution < -0.4 is 10.6 Å². The van der Waals surface area contributed by atoms with Gasteiger partial charge in [-0.05, 0) is 42.0 Å². The highest BCUT2D eigenvalue weighted by molar-refractivity contribution is 5.90. The zero-order chi connectivity index (χ0) is 18.5. The molecule has 9 nitrogen and oxygen atoms in total. The maximum absolute atomic E-state index is 12.3. The van der Waals surface area contributed by atoms with E-state index in [1.165, 1.54) is 0 Å². The Hall–Kier alpha value is -4.01. The molecule has 0 saturated carbocycles. The van der Waals surface area contributed by atoms with Crippen LogP contribution in [0.5, 0.6) is 0 Å². The highest BCUT2D eigenvalue weighted by atomic mass is 16.2. The molecule has 2 amide bonds. The SMILES string of the molecule is O=C(NCc1ccnc(-n2cccn2)c1)Nc1cccnc1-n1cccn1. The second-order valence-electron chi connectivity index (χ2n) is 5.61. The molecular weight excluding hydrogens is 344 g/mol. The molecule has 0 aliphatic heterocycles. The Morgan fingerprint density at radius 1 is 0.926 bits per heavy atom. The third kappa shape index (κ3) is 3.82. The van der Waals surface area contributed by atoms with Gasteiger partial charge in [0, 0.05) is 43.7 Å². The van der Waals surface area contributed by atoms with Crippen molar-refractivity contribution >= 4 is 11.7 Å². The lowest BCUT2D eigenvalue weighted by atomic mass is 10.2. The minimum atomic E-state index is -0.339. The Balaban J connectivity index is 1.42. The summed E-state index contributed by atoms with van der Waals surface area (Å²) in [6.45, 7) is 0.347. The smallest absolute Gasteiger partial charge is 0.319 e. The molecule has 0 unspecified atom stereocenters. The number of aromatic nitrogens is 6. The van der Waals surface area contributed by atoms with Gasteiger partial charge in [0.25, 0.3) is 0 Å². The summed E-state index contributed by atoms with van der Waals surface area (Å²) in [5.74, 6) is 1.23. The Morgan fingerprint density at radius 2 is 1.74 bits per heavy atom. The topological polar surface area (TPSA) is 103 Å². The first-order valence-corrected chi connectivity index (χ1v) is 8.24. The third-order valence-electron chi connectivity index (χ3n) is 3.76. The number of carbonyl (C=O) groups excluding carboxylic acids is 1. The van der Waals surface area contributed by atoms with Crippen LogP contribution in [0, 0.1) is 0 Å². The predicted molar refractivity (Wildman–Crippen MR) is 98.6 cm³/mol. The molecule has 4 heterocycles. The van der Waals surface area contributed by atoms with Crippen LogP contribution >= 0.6 is 0 Å². The van der Waals surface area contributed by atoms with Crippen molar-refractivity contribution in [2.75, 3.05) is 5.32 Å². The fourth-order valence-corrected chi connectivity index (χ4v) is 2.52. The minimum Gasteiger partial charge on any atom is -0.334 e. The summed E-state index contributed by atoms with van der Waals surface area (Å²) in [5.41, 5.74) is 1.47. The molecule has 0 spiro atoms. The first-order valence-electron chi connectivity index (χ1n) is 8.24. The summed E-state index contributed by atoms with van der Waals surface area (Å²) < 4.78 is 3.25. The summed E-state index contributed by atoms with van der Waals surface area (Å²) in [6, 6.07) is 10.5. The van der Waals surface area contributed by atoms with Gasteiger partial charge in [-0.1, -0.05) is 0 Å². The molecule has 9 heteroatoms. The zero-order valence-corrected chi connectivity index (χ0v) is 14.2. The third-order valence-corrected chi connectivity index (χ3v) is 3.76. The fourth-order valence-electron chi connectivity index (χ4n) is 2.52. The number of hydrogen-bond donors (Lipinski definition) is 2. The number of pyridine rings is 2. The number of amides is 2. The molecule has 0 atom stereocenters. The molecule has 0 bridgehead atoms. The molecule has 0 saturated heterocycles. The average Bonchev–Trinajstić information content (AvgIpc) is 3.41. The maximum Gasteiger partial charge on any atom is 0.319 e. The summed E-state index contributed by atoms with van der Waals surface area (Å²) in [4.78, 5) is 20.9. The molecule has 134 valence electrons. The molecule has 2 N–H and O–H groups in total. The number of hydrogen-bond acceptors (Lipinski definition) is 5. The van der Waals surface area contributed by atoms with Crippen molar-refractivity contribution in [3.8, 4) is 11.6 Å². The van der Waals surface area contributed by atoms with E-state index in [4.69, 9.17) is 0 Å². The number of carbonyl (C=O) groups is 1. The van der Waals surface area contributed by atoms with Crippen molar-refractivity contribution in [3.63, 3.8) is 0 Å². The molecule has 27 heavy (non-hydrogen) atoms. The van der Waals surface area contributed by atoms with Crippen molar-refractivity contribution in [2.24, 2.45) is 0 Å². The van der Waals surface area contributed by atoms with E-state index in [1.807, 2.05) is 24.4 Å². The monoisotopic (exact) mass is 360 g/mol. The average molecular weight is 360 g/mol. The highest BCUT2D eigenvalue weighted by Crippen LogP contribution is 2.16. The minimum absolute atomic E-state index is 0.339. The Morgan fingerprint density at radius 3 is 2.52 bits per heavy atom. The summed E-state index contributed by atoms with van der Waals surface area (Å²) in [7, 11) is 0. The molecular formula is C18H16N8O. The number of nitrogens with zero attached hydrogens (tertiary/aromatic N) is 6. The number of urea groups is 1. The number of anilines is 1. The molecule has 4 rings (SSSR count). The van der Waals surface area contributed by atoms with Crippen LogP contribution in [0.4, 0.5) is 10.5 Å². The normalized spacial score (nSPS) is 10.5. The van der Waals surface area contributed by atoms with E-state index >= 15 is 0 Å². The van der Waals surface area contributed by atoms with E-state index in [1.54, 1.807) is 58.5 Å². The van der Waals surface area contributed by atoms with Gasteiger partial charge in [0.1, 0.15) is 0 Å². The van der Waals surface area contributed by atoms with Crippen LogP contribution in [-0.4, -0.2) is 35.6 Å². The Labute approximate surface area is 154 Å². The zero-order valence-electron chi connectivity index (χ0n) is 14.2. The van der Waals surface area contributed by atoms with E-state index in [9.17, 15) is 4.79 Å². The quantitative estimate of drug-likeness (QED) is 0.568. The molecule has 0 fully saturated rings. The molecule has 0 aromatic carbocycles. The van der Waals surface area contributed by atoms with Crippen LogP contribution in [-0.2, 0) is 6.54 Å². The van der Waals surface area contributed by atoms with Gasteiger partial charge in [0.2, 0.25) is 0 Å². The van der Waals surface area contributed by atoms with Crippen LogP contribution in [0.25, 0.3) is 11.6 Å². The van der Waals surface area contributed by atoms with Crippen molar-refractivity contribution in [3.05, 3.63) is 79.1 Å². The van der Waals surface area contributed by atoms with Gasteiger partial charge in [-0.15, -0.1) is 0 Å². The van der Waals surface area contributed by atoms with Gasteiger partial charge in [0.15, 0.2) is 11.6 Å². The van der Waals surface area contributed by atoms with Crippen molar-refractivity contribution in [1.29, 1.82) is 0 Å². The van der Waals surface area contributed by atoms with Gasteiger partial charge in [-0.25, -0.2) is 24.1 Å². The fraction of sp³-hybridized carbons (Fsp3) is 0.0556. The van der Waals surface area contributed by atoms with E-state index in [0.29, 0.717) is 23.9 Å². The van der Waals surface area contributed by atoms with E-state index < -0.39 is 0 Å². The first-order chi connectivity index (χ1) is 13.3. The van der Waals surface area contributed by atoms with Gasteiger partial charge >= 0.3 is 6.03 Å². The lowest BCUT2D eigenvalue weighted by Crippen LogP contribution is -2.29. The predicted octanol–water partition coefficient (Wildman–Crippen LogP) is 2.17. The van der Waals surface area contributed by atoms with Crippen molar-refractivity contribution in [2.45, 2.75) is 6.54 Å².